The Kier molecular flexibility index (Phi) is 4.98. The summed E-state index contributed by atoms with van der Waals surface area (Å²) in [5.74, 6) is -0.190. The Labute approximate surface area is 119 Å². The van der Waals surface area contributed by atoms with Crippen molar-refractivity contribution < 1.29 is 14.6 Å². The van der Waals surface area contributed by atoms with Crippen molar-refractivity contribution in [3.8, 4) is 11.5 Å². The Morgan fingerprint density at radius 2 is 2.15 bits per heavy atom. The molecule has 1 aromatic carbocycles. The van der Waals surface area contributed by atoms with E-state index < -0.39 is 5.97 Å². The molecule has 2 rings (SSSR count). The molecule has 1 atom stereocenters. The minimum atomic E-state index is -0.429. The van der Waals surface area contributed by atoms with Gasteiger partial charge in [0.15, 0.2) is 11.5 Å². The Morgan fingerprint density at radius 1 is 1.45 bits per heavy atom. The van der Waals surface area contributed by atoms with Crippen LogP contribution in [0.4, 0.5) is 0 Å². The monoisotopic (exact) mass is 278 g/mol. The SMILES string of the molecule is CC[C@@H](c1ccc(OC(C)=O)c(O)c1)N1CCNCC1. The molecule has 0 aromatic heterocycles. The Balaban J connectivity index is 2.17. The molecule has 0 saturated carbocycles. The molecule has 1 saturated heterocycles. The van der Waals surface area contributed by atoms with Gasteiger partial charge in [-0.3, -0.25) is 9.69 Å². The van der Waals surface area contributed by atoms with Crippen molar-refractivity contribution in [2.45, 2.75) is 26.3 Å². The van der Waals surface area contributed by atoms with Crippen LogP contribution in [0.25, 0.3) is 0 Å². The molecular weight excluding hydrogens is 256 g/mol. The maximum absolute atomic E-state index is 10.9. The molecule has 20 heavy (non-hydrogen) atoms. The molecule has 2 N–H and O–H groups in total. The fraction of sp³-hybridized carbons (Fsp3) is 0.533. The van der Waals surface area contributed by atoms with Crippen LogP contribution >= 0.6 is 0 Å². The van der Waals surface area contributed by atoms with E-state index in [9.17, 15) is 9.90 Å². The average molecular weight is 278 g/mol. The number of carbonyl (C=O) groups is 1. The van der Waals surface area contributed by atoms with E-state index in [0.717, 1.165) is 38.2 Å². The van der Waals surface area contributed by atoms with E-state index in [2.05, 4.69) is 17.1 Å². The van der Waals surface area contributed by atoms with Gasteiger partial charge in [0.2, 0.25) is 0 Å². The fourth-order valence-corrected chi connectivity index (χ4v) is 2.68. The normalized spacial score (nSPS) is 17.7. The lowest BCUT2D eigenvalue weighted by Crippen LogP contribution is -2.45. The predicted octanol–water partition coefficient (Wildman–Crippen LogP) is 1.67. The summed E-state index contributed by atoms with van der Waals surface area (Å²) < 4.78 is 4.95. The highest BCUT2D eigenvalue weighted by Crippen LogP contribution is 2.32. The third-order valence-corrected chi connectivity index (χ3v) is 3.60. The van der Waals surface area contributed by atoms with Crippen LogP contribution in [0.1, 0.15) is 31.9 Å². The van der Waals surface area contributed by atoms with Gasteiger partial charge in [-0.2, -0.15) is 0 Å². The Morgan fingerprint density at radius 3 is 2.70 bits per heavy atom. The first-order valence-corrected chi connectivity index (χ1v) is 7.08. The quantitative estimate of drug-likeness (QED) is 0.648. The molecule has 1 aliphatic rings. The lowest BCUT2D eigenvalue weighted by Gasteiger charge is -2.34. The van der Waals surface area contributed by atoms with Crippen molar-refractivity contribution in [2.75, 3.05) is 26.2 Å². The molecule has 0 amide bonds. The van der Waals surface area contributed by atoms with Crippen LogP contribution in [-0.4, -0.2) is 42.2 Å². The maximum atomic E-state index is 10.9. The van der Waals surface area contributed by atoms with Crippen LogP contribution in [0.2, 0.25) is 0 Å². The first kappa shape index (κ1) is 14.8. The second-order valence-electron chi connectivity index (χ2n) is 5.03. The zero-order valence-corrected chi connectivity index (χ0v) is 12.1. The van der Waals surface area contributed by atoms with Crippen molar-refractivity contribution in [2.24, 2.45) is 0 Å². The Hall–Kier alpha value is -1.59. The largest absolute Gasteiger partial charge is 0.504 e. The predicted molar refractivity (Wildman–Crippen MR) is 76.9 cm³/mol. The van der Waals surface area contributed by atoms with Crippen LogP contribution in [0.3, 0.4) is 0 Å². The number of hydrogen-bond acceptors (Lipinski definition) is 5. The van der Waals surface area contributed by atoms with Crippen molar-refractivity contribution in [3.05, 3.63) is 23.8 Å². The zero-order chi connectivity index (χ0) is 14.5. The molecular formula is C15H22N2O3. The van der Waals surface area contributed by atoms with Gasteiger partial charge < -0.3 is 15.2 Å². The molecule has 110 valence electrons. The number of rotatable bonds is 4. The van der Waals surface area contributed by atoms with Gasteiger partial charge in [-0.05, 0) is 24.1 Å². The minimum Gasteiger partial charge on any atom is -0.504 e. The fourth-order valence-electron chi connectivity index (χ4n) is 2.68. The molecule has 0 spiro atoms. The van der Waals surface area contributed by atoms with E-state index in [4.69, 9.17) is 4.74 Å². The van der Waals surface area contributed by atoms with Gasteiger partial charge in [-0.15, -0.1) is 0 Å². The molecule has 1 aliphatic heterocycles. The molecule has 1 heterocycles. The molecule has 0 aliphatic carbocycles. The van der Waals surface area contributed by atoms with Crippen LogP contribution in [0.15, 0.2) is 18.2 Å². The van der Waals surface area contributed by atoms with Crippen molar-refractivity contribution >= 4 is 5.97 Å². The number of piperazine rings is 1. The van der Waals surface area contributed by atoms with E-state index in [-0.39, 0.29) is 17.5 Å². The van der Waals surface area contributed by atoms with Gasteiger partial charge in [-0.25, -0.2) is 0 Å². The number of phenols is 1. The van der Waals surface area contributed by atoms with Crippen LogP contribution < -0.4 is 10.1 Å². The lowest BCUT2D eigenvalue weighted by molar-refractivity contribution is -0.132. The molecule has 0 radical (unpaired) electrons. The van der Waals surface area contributed by atoms with Gasteiger partial charge in [0.05, 0.1) is 0 Å². The number of nitrogens with zero attached hydrogens (tertiary/aromatic N) is 1. The number of hydrogen-bond donors (Lipinski definition) is 2. The van der Waals surface area contributed by atoms with E-state index >= 15 is 0 Å². The minimum absolute atomic E-state index is 0.0197. The number of benzene rings is 1. The summed E-state index contributed by atoms with van der Waals surface area (Å²) in [4.78, 5) is 13.4. The molecule has 1 aromatic rings. The van der Waals surface area contributed by atoms with Gasteiger partial charge in [0.1, 0.15) is 0 Å². The van der Waals surface area contributed by atoms with Crippen molar-refractivity contribution in [1.82, 2.24) is 10.2 Å². The molecule has 0 unspecified atom stereocenters. The third-order valence-electron chi connectivity index (χ3n) is 3.60. The highest BCUT2D eigenvalue weighted by atomic mass is 16.5. The maximum Gasteiger partial charge on any atom is 0.308 e. The summed E-state index contributed by atoms with van der Waals surface area (Å²) in [5.41, 5.74) is 1.06. The van der Waals surface area contributed by atoms with Gasteiger partial charge in [-0.1, -0.05) is 13.0 Å². The van der Waals surface area contributed by atoms with E-state index in [1.807, 2.05) is 6.07 Å². The lowest BCUT2D eigenvalue weighted by atomic mass is 10.0. The van der Waals surface area contributed by atoms with E-state index in [0.29, 0.717) is 0 Å². The van der Waals surface area contributed by atoms with Gasteiger partial charge in [0.25, 0.3) is 0 Å². The standard InChI is InChI=1S/C15H22N2O3/c1-3-13(17-8-6-16-7-9-17)12-4-5-15(14(19)10-12)20-11(2)18/h4-5,10,13,16,19H,3,6-9H2,1-2H3/t13-/m0/s1. The van der Waals surface area contributed by atoms with Gasteiger partial charge in [0, 0.05) is 39.1 Å². The number of phenolic OH excluding ortho intramolecular Hbond substituents is 1. The Bertz CT molecular complexity index is 470. The van der Waals surface area contributed by atoms with Crippen LogP contribution in [0.5, 0.6) is 11.5 Å². The zero-order valence-electron chi connectivity index (χ0n) is 12.1. The first-order valence-electron chi connectivity index (χ1n) is 7.08. The number of nitrogens with one attached hydrogen (secondary N) is 1. The summed E-state index contributed by atoms with van der Waals surface area (Å²) in [7, 11) is 0. The molecule has 5 heteroatoms. The van der Waals surface area contributed by atoms with Crippen molar-refractivity contribution in [1.29, 1.82) is 0 Å². The number of aromatic hydroxyl groups is 1. The van der Waals surface area contributed by atoms with Crippen LogP contribution in [0, 0.1) is 0 Å². The number of carbonyl (C=O) groups excluding carboxylic acids is 1. The summed E-state index contributed by atoms with van der Waals surface area (Å²) in [5, 5.41) is 13.3. The highest BCUT2D eigenvalue weighted by Gasteiger charge is 2.21. The first-order chi connectivity index (χ1) is 9.61. The summed E-state index contributed by atoms with van der Waals surface area (Å²) >= 11 is 0. The van der Waals surface area contributed by atoms with Gasteiger partial charge >= 0.3 is 5.97 Å². The summed E-state index contributed by atoms with van der Waals surface area (Å²) in [6.07, 6.45) is 0.979. The molecule has 0 bridgehead atoms. The third kappa shape index (κ3) is 3.49. The van der Waals surface area contributed by atoms with Crippen LogP contribution in [-0.2, 0) is 4.79 Å². The second kappa shape index (κ2) is 6.72. The van der Waals surface area contributed by atoms with Crippen molar-refractivity contribution in [3.63, 3.8) is 0 Å². The summed E-state index contributed by atoms with van der Waals surface area (Å²) in [6.45, 7) is 7.46. The summed E-state index contributed by atoms with van der Waals surface area (Å²) in [6, 6.07) is 5.58. The van der Waals surface area contributed by atoms with E-state index in [1.165, 1.54) is 6.92 Å². The average Bonchev–Trinajstić information content (AvgIpc) is 2.43. The topological polar surface area (TPSA) is 61.8 Å². The smallest absolute Gasteiger partial charge is 0.308 e. The molecule has 1 fully saturated rings. The number of esters is 1. The number of ether oxygens (including phenoxy) is 1. The van der Waals surface area contributed by atoms with E-state index in [1.54, 1.807) is 12.1 Å². The second-order valence-corrected chi connectivity index (χ2v) is 5.03. The highest BCUT2D eigenvalue weighted by molar-refractivity contribution is 5.70. The molecule has 5 nitrogen and oxygen atoms in total.